The Labute approximate surface area is 174 Å². The van der Waals surface area contributed by atoms with E-state index in [1.165, 1.54) is 24.8 Å². The lowest BCUT2D eigenvalue weighted by molar-refractivity contribution is -0.162. The van der Waals surface area contributed by atoms with E-state index in [1.54, 1.807) is 0 Å². The number of rotatable bonds is 6. The molecule has 4 bridgehead atoms. The summed E-state index contributed by atoms with van der Waals surface area (Å²) in [6.45, 7) is 4.67. The van der Waals surface area contributed by atoms with Crippen molar-refractivity contribution >= 4 is 17.4 Å². The molecule has 5 aliphatic rings. The Hall–Kier alpha value is -0.900. The largest absolute Gasteiger partial charge is 0.314 e. The van der Waals surface area contributed by atoms with Gasteiger partial charge in [-0.15, -0.1) is 11.6 Å². The van der Waals surface area contributed by atoms with E-state index in [2.05, 4.69) is 40.5 Å². The van der Waals surface area contributed by atoms with Gasteiger partial charge in [0.1, 0.15) is 0 Å². The molecule has 0 amide bonds. The monoisotopic (exact) mass is 400 g/mol. The SMILES string of the molecule is O=C(CN1CCNCC1)C12CC3C[C@@](CCCl)(C1)C[C@](c1ccccc1)(C3)C2. The highest BCUT2D eigenvalue weighted by atomic mass is 35.5. The van der Waals surface area contributed by atoms with Crippen LogP contribution in [0.1, 0.15) is 50.5 Å². The first-order valence-corrected chi connectivity index (χ1v) is 11.7. The Bertz CT molecular complexity index is 733. The van der Waals surface area contributed by atoms with Crippen molar-refractivity contribution in [2.24, 2.45) is 16.7 Å². The van der Waals surface area contributed by atoms with Gasteiger partial charge in [-0.25, -0.2) is 0 Å². The minimum absolute atomic E-state index is 0.119. The van der Waals surface area contributed by atoms with E-state index >= 15 is 0 Å². The maximum atomic E-state index is 13.8. The minimum atomic E-state index is -0.119. The zero-order valence-electron chi connectivity index (χ0n) is 16.9. The van der Waals surface area contributed by atoms with Crippen LogP contribution in [0.5, 0.6) is 0 Å². The Morgan fingerprint density at radius 1 is 1.07 bits per heavy atom. The highest BCUT2D eigenvalue weighted by Gasteiger charge is 2.65. The molecule has 0 spiro atoms. The third kappa shape index (κ3) is 3.14. The maximum absolute atomic E-state index is 13.8. The molecule has 4 saturated carbocycles. The number of piperazine rings is 1. The van der Waals surface area contributed by atoms with Crippen molar-refractivity contribution in [3.8, 4) is 0 Å². The first-order valence-electron chi connectivity index (χ1n) is 11.2. The second kappa shape index (κ2) is 7.11. The lowest BCUT2D eigenvalue weighted by atomic mass is 9.37. The minimum Gasteiger partial charge on any atom is -0.314 e. The second-order valence-corrected chi connectivity index (χ2v) is 10.7. The van der Waals surface area contributed by atoms with Crippen LogP contribution in [0, 0.1) is 16.7 Å². The number of carbonyl (C=O) groups excluding carboxylic acids is 1. The number of hydrogen-bond acceptors (Lipinski definition) is 3. The lowest BCUT2D eigenvalue weighted by Gasteiger charge is -2.66. The third-order valence-electron chi connectivity index (χ3n) is 8.36. The number of benzene rings is 1. The standard InChI is InChI=1S/C24H33ClN2O/c25-7-6-22-12-19-13-23(16-22,20-4-2-1-3-5-20)18-24(14-19,17-22)21(28)15-27-10-8-26-9-11-27/h1-5,19,26H,6-18H2/t19?,22-,23-,24?/m1/s1. The summed E-state index contributed by atoms with van der Waals surface area (Å²) in [6, 6.07) is 11.1. The van der Waals surface area contributed by atoms with Gasteiger partial charge in [0, 0.05) is 37.5 Å². The van der Waals surface area contributed by atoms with Crippen LogP contribution in [0.15, 0.2) is 30.3 Å². The Morgan fingerprint density at radius 3 is 2.61 bits per heavy atom. The number of Topliss-reactive ketones (excluding diaryl/α,β-unsaturated/α-hetero) is 1. The van der Waals surface area contributed by atoms with Crippen LogP contribution in [0.4, 0.5) is 0 Å². The summed E-state index contributed by atoms with van der Waals surface area (Å²) in [6.07, 6.45) is 8.13. The predicted molar refractivity (Wildman–Crippen MR) is 114 cm³/mol. The summed E-state index contributed by atoms with van der Waals surface area (Å²) in [5, 5.41) is 3.41. The first-order chi connectivity index (χ1) is 13.6. The van der Waals surface area contributed by atoms with Crippen LogP contribution in [-0.4, -0.2) is 49.3 Å². The highest BCUT2D eigenvalue weighted by Crippen LogP contribution is 2.71. The van der Waals surface area contributed by atoms with Gasteiger partial charge in [0.15, 0.2) is 5.78 Å². The molecule has 1 N–H and O–H groups in total. The van der Waals surface area contributed by atoms with Crippen molar-refractivity contribution in [3.05, 3.63) is 35.9 Å². The topological polar surface area (TPSA) is 32.3 Å². The van der Waals surface area contributed by atoms with Crippen LogP contribution in [0.25, 0.3) is 0 Å². The molecule has 1 aromatic carbocycles. The van der Waals surface area contributed by atoms with Gasteiger partial charge < -0.3 is 5.32 Å². The summed E-state index contributed by atoms with van der Waals surface area (Å²) in [4.78, 5) is 16.2. The molecule has 4 heteroatoms. The summed E-state index contributed by atoms with van der Waals surface area (Å²) < 4.78 is 0. The van der Waals surface area contributed by atoms with Crippen LogP contribution in [0.2, 0.25) is 0 Å². The zero-order chi connectivity index (χ0) is 19.2. The van der Waals surface area contributed by atoms with Crippen LogP contribution in [-0.2, 0) is 10.2 Å². The van der Waals surface area contributed by atoms with Gasteiger partial charge in [0.05, 0.1) is 6.54 Å². The van der Waals surface area contributed by atoms with Crippen molar-refractivity contribution in [3.63, 3.8) is 0 Å². The van der Waals surface area contributed by atoms with Gasteiger partial charge in [-0.2, -0.15) is 0 Å². The number of carbonyl (C=O) groups is 1. The molecular weight excluding hydrogens is 368 g/mol. The summed E-state index contributed by atoms with van der Waals surface area (Å²) in [7, 11) is 0. The number of hydrogen-bond donors (Lipinski definition) is 1. The van der Waals surface area contributed by atoms with Crippen molar-refractivity contribution in [2.75, 3.05) is 38.6 Å². The number of alkyl halides is 1. The van der Waals surface area contributed by atoms with Crippen LogP contribution in [0.3, 0.4) is 0 Å². The van der Waals surface area contributed by atoms with Crippen molar-refractivity contribution in [1.82, 2.24) is 10.2 Å². The molecule has 6 rings (SSSR count). The molecule has 28 heavy (non-hydrogen) atoms. The average Bonchev–Trinajstić information content (AvgIpc) is 2.68. The molecule has 1 heterocycles. The lowest BCUT2D eigenvalue weighted by Crippen LogP contribution is -2.62. The Kier molecular flexibility index (Phi) is 4.84. The number of ketones is 1. The van der Waals surface area contributed by atoms with Gasteiger partial charge in [0.2, 0.25) is 0 Å². The molecule has 1 aromatic rings. The van der Waals surface area contributed by atoms with Crippen LogP contribution < -0.4 is 5.32 Å². The highest BCUT2D eigenvalue weighted by molar-refractivity contribution is 6.17. The molecule has 4 aliphatic carbocycles. The van der Waals surface area contributed by atoms with E-state index in [9.17, 15) is 4.79 Å². The number of nitrogens with zero attached hydrogens (tertiary/aromatic N) is 1. The molecule has 0 radical (unpaired) electrons. The number of nitrogens with one attached hydrogen (secondary N) is 1. The molecule has 1 aliphatic heterocycles. The third-order valence-corrected chi connectivity index (χ3v) is 8.55. The fraction of sp³-hybridized carbons (Fsp3) is 0.708. The van der Waals surface area contributed by atoms with E-state index in [0.29, 0.717) is 18.2 Å². The summed E-state index contributed by atoms with van der Waals surface area (Å²) in [5.41, 5.74) is 1.81. The molecule has 5 fully saturated rings. The quantitative estimate of drug-likeness (QED) is 0.732. The zero-order valence-corrected chi connectivity index (χ0v) is 17.6. The average molecular weight is 401 g/mol. The van der Waals surface area contributed by atoms with Gasteiger partial charge >= 0.3 is 0 Å². The van der Waals surface area contributed by atoms with E-state index in [-0.39, 0.29) is 16.2 Å². The second-order valence-electron chi connectivity index (χ2n) is 10.3. The summed E-state index contributed by atoms with van der Waals surface area (Å²) in [5.74, 6) is 1.93. The van der Waals surface area contributed by atoms with Crippen molar-refractivity contribution in [2.45, 2.75) is 50.4 Å². The molecule has 0 aromatic heterocycles. The molecule has 2 unspecified atom stereocenters. The van der Waals surface area contributed by atoms with E-state index < -0.39 is 0 Å². The van der Waals surface area contributed by atoms with E-state index in [1.807, 2.05) is 0 Å². The normalized spacial score (nSPS) is 40.0. The molecule has 4 atom stereocenters. The van der Waals surface area contributed by atoms with Crippen molar-refractivity contribution in [1.29, 1.82) is 0 Å². The number of halogens is 1. The first kappa shape index (κ1) is 19.1. The Morgan fingerprint density at radius 2 is 1.86 bits per heavy atom. The Balaban J connectivity index is 1.49. The van der Waals surface area contributed by atoms with Gasteiger partial charge in [0.25, 0.3) is 0 Å². The van der Waals surface area contributed by atoms with Gasteiger partial charge in [-0.05, 0) is 67.3 Å². The van der Waals surface area contributed by atoms with Crippen LogP contribution >= 0.6 is 11.6 Å². The summed E-state index contributed by atoms with van der Waals surface area (Å²) >= 11 is 6.31. The molecule has 1 saturated heterocycles. The smallest absolute Gasteiger partial charge is 0.153 e. The van der Waals surface area contributed by atoms with E-state index in [4.69, 9.17) is 11.6 Å². The fourth-order valence-electron chi connectivity index (χ4n) is 7.78. The van der Waals surface area contributed by atoms with Gasteiger partial charge in [-0.1, -0.05) is 30.3 Å². The predicted octanol–water partition coefficient (Wildman–Crippen LogP) is 4.00. The molecular formula is C24H33ClN2O. The molecule has 152 valence electrons. The van der Waals surface area contributed by atoms with Gasteiger partial charge in [-0.3, -0.25) is 9.69 Å². The molecule has 3 nitrogen and oxygen atoms in total. The van der Waals surface area contributed by atoms with Crippen molar-refractivity contribution < 1.29 is 4.79 Å². The fourth-order valence-corrected chi connectivity index (χ4v) is 8.18. The van der Waals surface area contributed by atoms with E-state index in [0.717, 1.165) is 57.7 Å². The maximum Gasteiger partial charge on any atom is 0.153 e.